The number of hydrogen-bond donors (Lipinski definition) is 3. The highest BCUT2D eigenvalue weighted by molar-refractivity contribution is 5.87. The van der Waals surface area contributed by atoms with Crippen LogP contribution in [0, 0.1) is 13.8 Å². The van der Waals surface area contributed by atoms with Gasteiger partial charge in [0.15, 0.2) is 0 Å². The van der Waals surface area contributed by atoms with Gasteiger partial charge < -0.3 is 21.1 Å². The number of urea groups is 1. The van der Waals surface area contributed by atoms with Crippen molar-refractivity contribution in [3.63, 3.8) is 0 Å². The maximum atomic E-state index is 12.1. The molecular formula is C20H25N3O3. The molecule has 6 nitrogen and oxygen atoms in total. The van der Waals surface area contributed by atoms with Gasteiger partial charge in [-0.15, -0.1) is 0 Å². The average Bonchev–Trinajstić information content (AvgIpc) is 2.58. The van der Waals surface area contributed by atoms with Crippen molar-refractivity contribution in [3.05, 3.63) is 59.2 Å². The van der Waals surface area contributed by atoms with E-state index in [4.69, 9.17) is 10.5 Å². The Balaban J connectivity index is 1.81. The summed E-state index contributed by atoms with van der Waals surface area (Å²) in [6, 6.07) is 12.3. The summed E-state index contributed by atoms with van der Waals surface area (Å²) in [5, 5.41) is 5.44. The van der Waals surface area contributed by atoms with Crippen LogP contribution in [0.3, 0.4) is 0 Å². The second-order valence-electron chi connectivity index (χ2n) is 6.20. The summed E-state index contributed by atoms with van der Waals surface area (Å²) in [6.45, 7) is 6.26. The van der Waals surface area contributed by atoms with Crippen molar-refractivity contribution in [3.8, 4) is 5.75 Å². The molecule has 0 spiro atoms. The van der Waals surface area contributed by atoms with E-state index < -0.39 is 6.03 Å². The van der Waals surface area contributed by atoms with Crippen molar-refractivity contribution in [1.29, 1.82) is 0 Å². The average molecular weight is 355 g/mol. The van der Waals surface area contributed by atoms with Crippen LogP contribution in [0.25, 0.3) is 0 Å². The third-order valence-corrected chi connectivity index (χ3v) is 4.20. The summed E-state index contributed by atoms with van der Waals surface area (Å²) in [4.78, 5) is 22.9. The van der Waals surface area contributed by atoms with Crippen LogP contribution in [-0.2, 0) is 4.79 Å². The molecule has 0 bridgehead atoms. The first-order chi connectivity index (χ1) is 12.4. The number of rotatable bonds is 7. The monoisotopic (exact) mass is 355 g/mol. The number of carbonyl (C=O) groups is 2. The molecule has 3 amide bonds. The third kappa shape index (κ3) is 5.51. The van der Waals surface area contributed by atoms with Crippen LogP contribution in [-0.4, -0.2) is 18.5 Å². The van der Waals surface area contributed by atoms with Gasteiger partial charge >= 0.3 is 6.03 Å². The number of hydrogen-bond acceptors (Lipinski definition) is 3. The normalized spacial score (nSPS) is 11.5. The van der Waals surface area contributed by atoms with Crippen LogP contribution in [0.5, 0.6) is 5.75 Å². The molecule has 0 heterocycles. The van der Waals surface area contributed by atoms with E-state index in [1.54, 1.807) is 12.1 Å². The van der Waals surface area contributed by atoms with Crippen LogP contribution in [0.4, 0.5) is 10.5 Å². The van der Waals surface area contributed by atoms with E-state index in [2.05, 4.69) is 10.6 Å². The molecule has 0 aliphatic heterocycles. The number of aryl methyl sites for hydroxylation is 1. The van der Waals surface area contributed by atoms with Gasteiger partial charge in [-0.05, 0) is 55.7 Å². The Labute approximate surface area is 153 Å². The highest BCUT2D eigenvalue weighted by Gasteiger charge is 2.10. The number of primary amides is 1. The molecule has 0 aliphatic carbocycles. The lowest BCUT2D eigenvalue weighted by Gasteiger charge is -2.15. The maximum Gasteiger partial charge on any atom is 0.316 e. The zero-order valence-corrected chi connectivity index (χ0v) is 15.3. The molecule has 0 fully saturated rings. The number of nitrogens with one attached hydrogen (secondary N) is 2. The van der Waals surface area contributed by atoms with Gasteiger partial charge in [0.2, 0.25) is 5.91 Å². The molecule has 0 radical (unpaired) electrons. The minimum Gasteiger partial charge on any atom is -0.493 e. The van der Waals surface area contributed by atoms with Crippen LogP contribution >= 0.6 is 0 Å². The Bertz CT molecular complexity index is 772. The molecule has 0 aliphatic rings. The van der Waals surface area contributed by atoms with E-state index >= 15 is 0 Å². The predicted molar refractivity (Wildman–Crippen MR) is 102 cm³/mol. The second-order valence-corrected chi connectivity index (χ2v) is 6.20. The number of anilines is 1. The third-order valence-electron chi connectivity index (χ3n) is 4.20. The van der Waals surface area contributed by atoms with E-state index in [0.29, 0.717) is 12.3 Å². The molecule has 1 unspecified atom stereocenters. The zero-order valence-electron chi connectivity index (χ0n) is 15.3. The fourth-order valence-corrected chi connectivity index (χ4v) is 2.53. The molecule has 2 aromatic carbocycles. The fourth-order valence-electron chi connectivity index (χ4n) is 2.53. The summed E-state index contributed by atoms with van der Waals surface area (Å²) in [5.74, 6) is 0.727. The van der Waals surface area contributed by atoms with E-state index in [1.807, 2.05) is 51.1 Å². The highest BCUT2D eigenvalue weighted by Crippen LogP contribution is 2.20. The lowest BCUT2D eigenvalue weighted by atomic mass is 10.1. The summed E-state index contributed by atoms with van der Waals surface area (Å²) in [7, 11) is 0. The maximum absolute atomic E-state index is 12.1. The van der Waals surface area contributed by atoms with Gasteiger partial charge in [-0.25, -0.2) is 4.79 Å². The Hall–Kier alpha value is -3.02. The molecule has 138 valence electrons. The second kappa shape index (κ2) is 8.89. The molecule has 0 saturated carbocycles. The van der Waals surface area contributed by atoms with Crippen LogP contribution in [0.2, 0.25) is 0 Å². The number of amides is 3. The van der Waals surface area contributed by atoms with Crippen molar-refractivity contribution in [2.45, 2.75) is 33.2 Å². The Morgan fingerprint density at radius 1 is 1.12 bits per heavy atom. The molecule has 0 saturated heterocycles. The zero-order chi connectivity index (χ0) is 19.1. The van der Waals surface area contributed by atoms with Crippen molar-refractivity contribution in [2.75, 3.05) is 11.9 Å². The van der Waals surface area contributed by atoms with Crippen LogP contribution < -0.4 is 21.1 Å². The molecular weight excluding hydrogens is 330 g/mol. The number of ether oxygens (including phenoxy) is 1. The van der Waals surface area contributed by atoms with Gasteiger partial charge in [-0.1, -0.05) is 24.3 Å². The van der Waals surface area contributed by atoms with Gasteiger partial charge in [0.1, 0.15) is 5.75 Å². The van der Waals surface area contributed by atoms with Crippen molar-refractivity contribution in [1.82, 2.24) is 5.32 Å². The first-order valence-electron chi connectivity index (χ1n) is 8.51. The Kier molecular flexibility index (Phi) is 6.60. The number of nitrogens with two attached hydrogens (primary N) is 1. The predicted octanol–water partition coefficient (Wildman–Crippen LogP) is 3.44. The molecule has 26 heavy (non-hydrogen) atoms. The standard InChI is InChI=1S/C20H25N3O3/c1-13-5-4-6-18(14(13)2)26-12-11-19(24)22-15(3)16-7-9-17(10-8-16)23-20(21)25/h4-10,15H,11-12H2,1-3H3,(H,22,24)(H3,21,23,25). The molecule has 6 heteroatoms. The van der Waals surface area contributed by atoms with E-state index in [-0.39, 0.29) is 18.4 Å². The SMILES string of the molecule is Cc1cccc(OCCC(=O)NC(C)c2ccc(NC(N)=O)cc2)c1C. The van der Waals surface area contributed by atoms with Crippen molar-refractivity contribution in [2.24, 2.45) is 5.73 Å². The Morgan fingerprint density at radius 3 is 2.46 bits per heavy atom. The van der Waals surface area contributed by atoms with Gasteiger partial charge in [0.05, 0.1) is 19.1 Å². The van der Waals surface area contributed by atoms with Crippen LogP contribution in [0.15, 0.2) is 42.5 Å². The van der Waals surface area contributed by atoms with Gasteiger partial charge in [-0.2, -0.15) is 0 Å². The van der Waals surface area contributed by atoms with Crippen LogP contribution in [0.1, 0.15) is 36.1 Å². The lowest BCUT2D eigenvalue weighted by Crippen LogP contribution is -2.28. The summed E-state index contributed by atoms with van der Waals surface area (Å²) >= 11 is 0. The molecule has 0 aromatic heterocycles. The Morgan fingerprint density at radius 2 is 1.81 bits per heavy atom. The van der Waals surface area contributed by atoms with Gasteiger partial charge in [0.25, 0.3) is 0 Å². The first kappa shape index (κ1) is 19.3. The van der Waals surface area contributed by atoms with E-state index in [1.165, 1.54) is 0 Å². The summed E-state index contributed by atoms with van der Waals surface area (Å²) in [6.07, 6.45) is 0.277. The van der Waals surface area contributed by atoms with Crippen molar-refractivity contribution >= 4 is 17.6 Å². The molecule has 2 rings (SSSR count). The van der Waals surface area contributed by atoms with Gasteiger partial charge in [-0.3, -0.25) is 4.79 Å². The van der Waals surface area contributed by atoms with Crippen molar-refractivity contribution < 1.29 is 14.3 Å². The van der Waals surface area contributed by atoms with E-state index in [0.717, 1.165) is 22.4 Å². The van der Waals surface area contributed by atoms with E-state index in [9.17, 15) is 9.59 Å². The molecule has 1 atom stereocenters. The molecule has 4 N–H and O–H groups in total. The number of carbonyl (C=O) groups excluding carboxylic acids is 2. The quantitative estimate of drug-likeness (QED) is 0.710. The number of benzene rings is 2. The lowest BCUT2D eigenvalue weighted by molar-refractivity contribution is -0.122. The minimum absolute atomic E-state index is 0.0813. The summed E-state index contributed by atoms with van der Waals surface area (Å²) < 4.78 is 5.72. The smallest absolute Gasteiger partial charge is 0.316 e. The topological polar surface area (TPSA) is 93.4 Å². The summed E-state index contributed by atoms with van der Waals surface area (Å²) in [5.41, 5.74) is 8.87. The van der Waals surface area contributed by atoms with Gasteiger partial charge in [0, 0.05) is 5.69 Å². The molecule has 2 aromatic rings. The highest BCUT2D eigenvalue weighted by atomic mass is 16.5. The fraction of sp³-hybridized carbons (Fsp3) is 0.300. The minimum atomic E-state index is -0.608. The largest absolute Gasteiger partial charge is 0.493 e. The first-order valence-corrected chi connectivity index (χ1v) is 8.51.